The zero-order valence-electron chi connectivity index (χ0n) is 6.78. The molecule has 1 rings (SSSR count). The highest BCUT2D eigenvalue weighted by atomic mass is 15.3. The van der Waals surface area contributed by atoms with Crippen LogP contribution in [-0.4, -0.2) is 9.78 Å². The molecule has 1 aromatic rings. The second kappa shape index (κ2) is 3.20. The van der Waals surface area contributed by atoms with Crippen LogP contribution in [0.2, 0.25) is 0 Å². The van der Waals surface area contributed by atoms with Gasteiger partial charge in [0.2, 0.25) is 0 Å². The zero-order valence-corrected chi connectivity index (χ0v) is 6.78. The van der Waals surface area contributed by atoms with Gasteiger partial charge in [-0.3, -0.25) is 4.68 Å². The summed E-state index contributed by atoms with van der Waals surface area (Å²) < 4.78 is 1.82. The highest BCUT2D eigenvalue weighted by Gasteiger charge is 2.03. The van der Waals surface area contributed by atoms with E-state index < -0.39 is 0 Å². The van der Waals surface area contributed by atoms with Crippen LogP contribution >= 0.6 is 0 Å². The number of hydrogen-bond donors (Lipinski definition) is 0. The van der Waals surface area contributed by atoms with Gasteiger partial charge in [0, 0.05) is 6.20 Å². The molecule has 0 saturated heterocycles. The van der Waals surface area contributed by atoms with Crippen LogP contribution in [0.15, 0.2) is 12.3 Å². The van der Waals surface area contributed by atoms with Crippen LogP contribution in [-0.2, 0) is 0 Å². The van der Waals surface area contributed by atoms with Crippen molar-refractivity contribution in [1.82, 2.24) is 9.78 Å². The van der Waals surface area contributed by atoms with Gasteiger partial charge in [-0.15, -0.1) is 0 Å². The Kier molecular flexibility index (Phi) is 2.27. The lowest BCUT2D eigenvalue weighted by molar-refractivity contribution is 0.497. The Bertz CT molecular complexity index is 269. The second-order valence-corrected chi connectivity index (χ2v) is 2.65. The SMILES string of the molecule is Cc1ccn(C(C)CC#N)n1. The first-order valence-electron chi connectivity index (χ1n) is 3.62. The summed E-state index contributed by atoms with van der Waals surface area (Å²) in [5.41, 5.74) is 0.995. The Morgan fingerprint density at radius 1 is 1.82 bits per heavy atom. The summed E-state index contributed by atoms with van der Waals surface area (Å²) in [4.78, 5) is 0. The van der Waals surface area contributed by atoms with Crippen LogP contribution < -0.4 is 0 Å². The molecule has 3 nitrogen and oxygen atoms in total. The van der Waals surface area contributed by atoms with Crippen molar-refractivity contribution < 1.29 is 0 Å². The van der Waals surface area contributed by atoms with Gasteiger partial charge in [-0.05, 0) is 19.9 Å². The van der Waals surface area contributed by atoms with Crippen molar-refractivity contribution in [1.29, 1.82) is 5.26 Å². The number of nitriles is 1. The second-order valence-electron chi connectivity index (χ2n) is 2.65. The molecular weight excluding hydrogens is 138 g/mol. The highest BCUT2D eigenvalue weighted by molar-refractivity contribution is 4.96. The summed E-state index contributed by atoms with van der Waals surface area (Å²) >= 11 is 0. The first kappa shape index (κ1) is 7.80. The molecule has 1 atom stereocenters. The summed E-state index contributed by atoms with van der Waals surface area (Å²) in [5, 5.41) is 12.6. The van der Waals surface area contributed by atoms with E-state index in [2.05, 4.69) is 11.2 Å². The van der Waals surface area contributed by atoms with E-state index in [1.54, 1.807) is 0 Å². The van der Waals surface area contributed by atoms with Crippen LogP contribution in [0, 0.1) is 18.3 Å². The Labute approximate surface area is 66.3 Å². The Balaban J connectivity index is 2.70. The van der Waals surface area contributed by atoms with E-state index in [1.165, 1.54) is 0 Å². The molecule has 0 saturated carbocycles. The lowest BCUT2D eigenvalue weighted by Gasteiger charge is -2.05. The number of aromatic nitrogens is 2. The minimum Gasteiger partial charge on any atom is -0.269 e. The molecule has 0 fully saturated rings. The van der Waals surface area contributed by atoms with Crippen molar-refractivity contribution in [3.05, 3.63) is 18.0 Å². The third kappa shape index (κ3) is 1.81. The van der Waals surface area contributed by atoms with Gasteiger partial charge in [0.25, 0.3) is 0 Å². The first-order valence-corrected chi connectivity index (χ1v) is 3.62. The molecule has 1 unspecified atom stereocenters. The molecule has 1 heterocycles. The molecule has 1 aromatic heterocycles. The van der Waals surface area contributed by atoms with Gasteiger partial charge in [-0.25, -0.2) is 0 Å². The summed E-state index contributed by atoms with van der Waals surface area (Å²) in [5.74, 6) is 0. The minimum atomic E-state index is 0.189. The number of hydrogen-bond acceptors (Lipinski definition) is 2. The van der Waals surface area contributed by atoms with Gasteiger partial charge >= 0.3 is 0 Å². The quantitative estimate of drug-likeness (QED) is 0.641. The average Bonchev–Trinajstić information content (AvgIpc) is 2.36. The predicted molar refractivity (Wildman–Crippen MR) is 41.9 cm³/mol. The van der Waals surface area contributed by atoms with E-state index >= 15 is 0 Å². The smallest absolute Gasteiger partial charge is 0.0644 e. The molecule has 0 amide bonds. The van der Waals surface area contributed by atoms with Crippen LogP contribution in [0.4, 0.5) is 0 Å². The molecule has 0 aliphatic heterocycles. The number of nitrogens with zero attached hydrogens (tertiary/aromatic N) is 3. The molecular formula is C8H11N3. The molecule has 0 radical (unpaired) electrons. The van der Waals surface area contributed by atoms with Crippen LogP contribution in [0.1, 0.15) is 25.1 Å². The largest absolute Gasteiger partial charge is 0.269 e. The zero-order chi connectivity index (χ0) is 8.27. The topological polar surface area (TPSA) is 41.6 Å². The third-order valence-electron chi connectivity index (χ3n) is 1.58. The average molecular weight is 149 g/mol. The standard InChI is InChI=1S/C8H11N3/c1-7-4-6-11(10-7)8(2)3-5-9/h4,6,8H,3H2,1-2H3. The lowest BCUT2D eigenvalue weighted by atomic mass is 10.3. The molecule has 0 spiro atoms. The Morgan fingerprint density at radius 3 is 3.00 bits per heavy atom. The van der Waals surface area contributed by atoms with E-state index in [1.807, 2.05) is 30.8 Å². The first-order chi connectivity index (χ1) is 5.24. The van der Waals surface area contributed by atoms with E-state index in [0.717, 1.165) is 5.69 Å². The minimum absolute atomic E-state index is 0.189. The molecule has 58 valence electrons. The maximum atomic E-state index is 8.41. The highest BCUT2D eigenvalue weighted by Crippen LogP contribution is 2.08. The van der Waals surface area contributed by atoms with Crippen molar-refractivity contribution in [3.63, 3.8) is 0 Å². The van der Waals surface area contributed by atoms with Crippen molar-refractivity contribution >= 4 is 0 Å². The maximum absolute atomic E-state index is 8.41. The van der Waals surface area contributed by atoms with Crippen molar-refractivity contribution in [2.75, 3.05) is 0 Å². The number of rotatable bonds is 2. The predicted octanol–water partition coefficient (Wildman–Crippen LogP) is 1.67. The molecule has 0 aliphatic rings. The fraction of sp³-hybridized carbons (Fsp3) is 0.500. The maximum Gasteiger partial charge on any atom is 0.0644 e. The molecule has 0 bridgehead atoms. The van der Waals surface area contributed by atoms with E-state index in [-0.39, 0.29) is 6.04 Å². The monoisotopic (exact) mass is 149 g/mol. The molecule has 0 N–H and O–H groups in total. The summed E-state index contributed by atoms with van der Waals surface area (Å²) in [6.07, 6.45) is 2.42. The Hall–Kier alpha value is -1.30. The van der Waals surface area contributed by atoms with E-state index in [9.17, 15) is 0 Å². The van der Waals surface area contributed by atoms with Crippen LogP contribution in [0.25, 0.3) is 0 Å². The fourth-order valence-electron chi connectivity index (χ4n) is 0.904. The van der Waals surface area contributed by atoms with Crippen molar-refractivity contribution in [3.8, 4) is 6.07 Å². The van der Waals surface area contributed by atoms with Crippen LogP contribution in [0.3, 0.4) is 0 Å². The Morgan fingerprint density at radius 2 is 2.55 bits per heavy atom. The molecule has 3 heteroatoms. The summed E-state index contributed by atoms with van der Waals surface area (Å²) in [6.45, 7) is 3.92. The van der Waals surface area contributed by atoms with Gasteiger partial charge in [0.1, 0.15) is 0 Å². The van der Waals surface area contributed by atoms with E-state index in [0.29, 0.717) is 6.42 Å². The van der Waals surface area contributed by atoms with Gasteiger partial charge in [-0.1, -0.05) is 0 Å². The van der Waals surface area contributed by atoms with Gasteiger partial charge < -0.3 is 0 Å². The summed E-state index contributed by atoms with van der Waals surface area (Å²) in [7, 11) is 0. The fourth-order valence-corrected chi connectivity index (χ4v) is 0.904. The molecule has 11 heavy (non-hydrogen) atoms. The van der Waals surface area contributed by atoms with Gasteiger partial charge in [-0.2, -0.15) is 10.4 Å². The van der Waals surface area contributed by atoms with Gasteiger partial charge in [0.05, 0.1) is 24.2 Å². The molecule has 0 aromatic carbocycles. The van der Waals surface area contributed by atoms with Crippen molar-refractivity contribution in [2.45, 2.75) is 26.3 Å². The van der Waals surface area contributed by atoms with Gasteiger partial charge in [0.15, 0.2) is 0 Å². The molecule has 0 aliphatic carbocycles. The number of aryl methyl sites for hydroxylation is 1. The van der Waals surface area contributed by atoms with E-state index in [4.69, 9.17) is 5.26 Å². The third-order valence-corrected chi connectivity index (χ3v) is 1.58. The van der Waals surface area contributed by atoms with Crippen molar-refractivity contribution in [2.24, 2.45) is 0 Å². The van der Waals surface area contributed by atoms with Crippen LogP contribution in [0.5, 0.6) is 0 Å². The normalized spacial score (nSPS) is 12.5. The summed E-state index contributed by atoms with van der Waals surface area (Å²) in [6, 6.07) is 4.24. The lowest BCUT2D eigenvalue weighted by Crippen LogP contribution is -2.04.